The molecule has 2 N–H and O–H groups in total. The molecule has 0 aliphatic rings. The van der Waals surface area contributed by atoms with Crippen LogP contribution in [0.1, 0.15) is 12.0 Å². The van der Waals surface area contributed by atoms with Crippen LogP contribution in [0, 0.1) is 0 Å². The molecule has 0 saturated carbocycles. The number of esters is 1. The molecule has 2 aromatic rings. The van der Waals surface area contributed by atoms with E-state index in [9.17, 15) is 4.79 Å². The minimum Gasteiger partial charge on any atom is -0.469 e. The smallest absolute Gasteiger partial charge is 0.305 e. The number of nitrogens with zero attached hydrogens (tertiary/aromatic N) is 1. The second-order valence-corrected chi connectivity index (χ2v) is 5.35. The minimum atomic E-state index is -0.186. The minimum absolute atomic E-state index is 0.186. The van der Waals surface area contributed by atoms with E-state index in [4.69, 9.17) is 5.73 Å². The molecule has 0 spiro atoms. The molecule has 0 amide bonds. The van der Waals surface area contributed by atoms with Crippen LogP contribution in [0.5, 0.6) is 0 Å². The molecule has 0 aliphatic heterocycles. The van der Waals surface area contributed by atoms with Crippen molar-refractivity contribution in [2.24, 2.45) is 0 Å². The van der Waals surface area contributed by atoms with Crippen molar-refractivity contribution in [3.05, 3.63) is 48.2 Å². The average molecular weight is 288 g/mol. The number of rotatable bonds is 5. The van der Waals surface area contributed by atoms with Gasteiger partial charge in [-0.05, 0) is 36.2 Å². The molecule has 0 radical (unpaired) electrons. The van der Waals surface area contributed by atoms with Gasteiger partial charge in [0.05, 0.1) is 19.0 Å². The first-order chi connectivity index (χ1) is 9.67. The predicted molar refractivity (Wildman–Crippen MR) is 79.6 cm³/mol. The third-order valence-corrected chi connectivity index (χ3v) is 3.71. The summed E-state index contributed by atoms with van der Waals surface area (Å²) in [6.07, 6.45) is 2.74. The fourth-order valence-electron chi connectivity index (χ4n) is 1.65. The van der Waals surface area contributed by atoms with E-state index in [2.05, 4.69) is 9.72 Å². The zero-order valence-electron chi connectivity index (χ0n) is 11.2. The lowest BCUT2D eigenvalue weighted by molar-refractivity contribution is -0.140. The number of carbonyl (C=O) groups is 1. The Hall–Kier alpha value is -2.01. The van der Waals surface area contributed by atoms with Gasteiger partial charge in [-0.2, -0.15) is 0 Å². The lowest BCUT2D eigenvalue weighted by Gasteiger charge is -2.04. The van der Waals surface area contributed by atoms with Crippen LogP contribution < -0.4 is 5.73 Å². The van der Waals surface area contributed by atoms with Crippen molar-refractivity contribution < 1.29 is 9.53 Å². The molecule has 0 fully saturated rings. The van der Waals surface area contributed by atoms with Gasteiger partial charge in [-0.25, -0.2) is 4.98 Å². The highest BCUT2D eigenvalue weighted by Gasteiger charge is 2.03. The molecule has 0 unspecified atom stereocenters. The SMILES string of the molecule is COC(=O)CCc1ccc(Sc2ccc(N)cn2)cc1. The molecule has 20 heavy (non-hydrogen) atoms. The van der Waals surface area contributed by atoms with Gasteiger partial charge in [0.25, 0.3) is 0 Å². The second kappa shape index (κ2) is 6.96. The Balaban J connectivity index is 1.94. The Morgan fingerprint density at radius 2 is 2.00 bits per heavy atom. The number of nitrogens with two attached hydrogens (primary N) is 1. The molecular formula is C15H16N2O2S. The Labute approximate surface area is 122 Å². The molecule has 1 aromatic carbocycles. The van der Waals surface area contributed by atoms with Crippen LogP contribution in [0.3, 0.4) is 0 Å². The summed E-state index contributed by atoms with van der Waals surface area (Å²) in [5.74, 6) is -0.186. The number of aromatic nitrogens is 1. The van der Waals surface area contributed by atoms with Crippen molar-refractivity contribution in [1.29, 1.82) is 0 Å². The number of pyridine rings is 1. The molecule has 0 aliphatic carbocycles. The fraction of sp³-hybridized carbons (Fsp3) is 0.200. The topological polar surface area (TPSA) is 65.2 Å². The monoisotopic (exact) mass is 288 g/mol. The Morgan fingerprint density at radius 1 is 1.25 bits per heavy atom. The molecule has 104 valence electrons. The van der Waals surface area contributed by atoms with Gasteiger partial charge in [0, 0.05) is 11.3 Å². The molecule has 4 nitrogen and oxygen atoms in total. The molecule has 1 heterocycles. The highest BCUT2D eigenvalue weighted by atomic mass is 32.2. The quantitative estimate of drug-likeness (QED) is 0.857. The molecule has 0 bridgehead atoms. The van der Waals surface area contributed by atoms with Crippen molar-refractivity contribution in [2.45, 2.75) is 22.8 Å². The second-order valence-electron chi connectivity index (χ2n) is 4.25. The molecule has 0 saturated heterocycles. The van der Waals surface area contributed by atoms with Crippen molar-refractivity contribution in [2.75, 3.05) is 12.8 Å². The fourth-order valence-corrected chi connectivity index (χ4v) is 2.40. The summed E-state index contributed by atoms with van der Waals surface area (Å²) in [4.78, 5) is 16.4. The van der Waals surface area contributed by atoms with Crippen LogP contribution in [0.2, 0.25) is 0 Å². The first-order valence-electron chi connectivity index (χ1n) is 6.22. The summed E-state index contributed by atoms with van der Waals surface area (Å²) in [5.41, 5.74) is 7.38. The van der Waals surface area contributed by atoms with E-state index in [1.165, 1.54) is 7.11 Å². The maximum atomic E-state index is 11.1. The normalized spacial score (nSPS) is 10.2. The highest BCUT2D eigenvalue weighted by molar-refractivity contribution is 7.99. The van der Waals surface area contributed by atoms with Crippen LogP contribution in [0.15, 0.2) is 52.5 Å². The average Bonchev–Trinajstić information content (AvgIpc) is 2.48. The standard InChI is InChI=1S/C15H16N2O2S/c1-19-15(18)9-4-11-2-6-13(7-3-11)20-14-8-5-12(16)10-17-14/h2-3,5-8,10H,4,9,16H2,1H3. The third kappa shape index (κ3) is 4.28. The number of hydrogen-bond donors (Lipinski definition) is 1. The maximum Gasteiger partial charge on any atom is 0.305 e. The van der Waals surface area contributed by atoms with Crippen molar-refractivity contribution in [1.82, 2.24) is 4.98 Å². The van der Waals surface area contributed by atoms with Crippen LogP contribution in [-0.4, -0.2) is 18.1 Å². The lowest BCUT2D eigenvalue weighted by atomic mass is 10.1. The largest absolute Gasteiger partial charge is 0.469 e. The molecule has 2 rings (SSSR count). The van der Waals surface area contributed by atoms with E-state index in [0.29, 0.717) is 18.5 Å². The predicted octanol–water partition coefficient (Wildman–Crippen LogP) is 2.92. The van der Waals surface area contributed by atoms with Gasteiger partial charge in [-0.3, -0.25) is 4.79 Å². The van der Waals surface area contributed by atoms with Gasteiger partial charge in [0.15, 0.2) is 0 Å². The summed E-state index contributed by atoms with van der Waals surface area (Å²) < 4.78 is 4.62. The van der Waals surface area contributed by atoms with Crippen LogP contribution in [0.25, 0.3) is 0 Å². The number of methoxy groups -OCH3 is 1. The lowest BCUT2D eigenvalue weighted by Crippen LogP contribution is -2.01. The molecule has 0 atom stereocenters. The Kier molecular flexibility index (Phi) is 5.01. The first-order valence-corrected chi connectivity index (χ1v) is 7.04. The number of anilines is 1. The van der Waals surface area contributed by atoms with Gasteiger partial charge in [0.2, 0.25) is 0 Å². The summed E-state index contributed by atoms with van der Waals surface area (Å²) in [6, 6.07) is 11.8. The first kappa shape index (κ1) is 14.4. The van der Waals surface area contributed by atoms with E-state index >= 15 is 0 Å². The Morgan fingerprint density at radius 3 is 2.60 bits per heavy atom. The number of nitrogen functional groups attached to an aromatic ring is 1. The van der Waals surface area contributed by atoms with Crippen molar-refractivity contribution in [3.63, 3.8) is 0 Å². The van der Waals surface area contributed by atoms with Crippen LogP contribution >= 0.6 is 11.8 Å². The number of carbonyl (C=O) groups excluding carboxylic acids is 1. The van der Waals surface area contributed by atoms with E-state index in [0.717, 1.165) is 15.5 Å². The summed E-state index contributed by atoms with van der Waals surface area (Å²) in [7, 11) is 1.40. The molecule has 1 aromatic heterocycles. The maximum absolute atomic E-state index is 11.1. The van der Waals surface area contributed by atoms with Gasteiger partial charge in [0.1, 0.15) is 5.03 Å². The Bertz CT molecular complexity index is 567. The summed E-state index contributed by atoms with van der Waals surface area (Å²) in [6.45, 7) is 0. The van der Waals surface area contributed by atoms with Gasteiger partial charge in [-0.15, -0.1) is 0 Å². The van der Waals surface area contributed by atoms with E-state index in [-0.39, 0.29) is 5.97 Å². The number of hydrogen-bond acceptors (Lipinski definition) is 5. The number of benzene rings is 1. The van der Waals surface area contributed by atoms with E-state index < -0.39 is 0 Å². The van der Waals surface area contributed by atoms with E-state index in [1.807, 2.05) is 36.4 Å². The van der Waals surface area contributed by atoms with Gasteiger partial charge >= 0.3 is 5.97 Å². The summed E-state index contributed by atoms with van der Waals surface area (Å²) >= 11 is 1.58. The van der Waals surface area contributed by atoms with Crippen molar-refractivity contribution >= 4 is 23.4 Å². The third-order valence-electron chi connectivity index (χ3n) is 2.75. The van der Waals surface area contributed by atoms with Crippen LogP contribution in [0.4, 0.5) is 5.69 Å². The molecule has 5 heteroatoms. The van der Waals surface area contributed by atoms with Crippen molar-refractivity contribution in [3.8, 4) is 0 Å². The highest BCUT2D eigenvalue weighted by Crippen LogP contribution is 2.26. The molecular weight excluding hydrogens is 272 g/mol. The number of aryl methyl sites for hydroxylation is 1. The van der Waals surface area contributed by atoms with Gasteiger partial charge in [-0.1, -0.05) is 23.9 Å². The van der Waals surface area contributed by atoms with E-state index in [1.54, 1.807) is 18.0 Å². The zero-order valence-corrected chi connectivity index (χ0v) is 12.0. The van der Waals surface area contributed by atoms with Crippen LogP contribution in [-0.2, 0) is 16.0 Å². The number of ether oxygens (including phenoxy) is 1. The summed E-state index contributed by atoms with van der Waals surface area (Å²) in [5, 5.41) is 0.904. The zero-order chi connectivity index (χ0) is 14.4. The van der Waals surface area contributed by atoms with Gasteiger partial charge < -0.3 is 10.5 Å².